The molecule has 0 aromatic heterocycles. The third kappa shape index (κ3) is 2.60. The molecule has 0 saturated heterocycles. The lowest BCUT2D eigenvalue weighted by atomic mass is 9.84. The molecule has 0 amide bonds. The van der Waals surface area contributed by atoms with E-state index >= 15 is 0 Å². The summed E-state index contributed by atoms with van der Waals surface area (Å²) in [5.74, 6) is 1.94. The second kappa shape index (κ2) is 5.64. The van der Waals surface area contributed by atoms with E-state index in [0.717, 1.165) is 11.7 Å². The van der Waals surface area contributed by atoms with Gasteiger partial charge in [-0.25, -0.2) is 0 Å². The highest BCUT2D eigenvalue weighted by molar-refractivity contribution is 5.89. The highest BCUT2D eigenvalue weighted by atomic mass is 16.5. The summed E-state index contributed by atoms with van der Waals surface area (Å²) >= 11 is 0. The smallest absolute Gasteiger partial charge is 0.129 e. The average Bonchev–Trinajstić information content (AvgIpc) is 2.48. The van der Waals surface area contributed by atoms with Gasteiger partial charge in [-0.1, -0.05) is 68.5 Å². The SMILES string of the molecule is COc1c(CC2CCCCC2)ccc2ccccc12. The third-order valence-corrected chi connectivity index (χ3v) is 4.40. The minimum absolute atomic E-state index is 0.851. The number of rotatable bonds is 3. The van der Waals surface area contributed by atoms with Crippen LogP contribution >= 0.6 is 0 Å². The number of fused-ring (bicyclic) bond motifs is 1. The first-order valence-corrected chi connectivity index (χ1v) is 7.43. The first kappa shape index (κ1) is 12.5. The van der Waals surface area contributed by atoms with E-state index in [2.05, 4.69) is 36.4 Å². The van der Waals surface area contributed by atoms with Crippen LogP contribution in [0.1, 0.15) is 37.7 Å². The largest absolute Gasteiger partial charge is 0.496 e. The molecule has 0 spiro atoms. The predicted molar refractivity (Wildman–Crippen MR) is 80.8 cm³/mol. The quantitative estimate of drug-likeness (QED) is 0.751. The predicted octanol–water partition coefficient (Wildman–Crippen LogP) is 4.97. The fourth-order valence-corrected chi connectivity index (χ4v) is 3.39. The molecular formula is C18H22O. The van der Waals surface area contributed by atoms with Crippen LogP contribution in [0.4, 0.5) is 0 Å². The van der Waals surface area contributed by atoms with Crippen LogP contribution in [-0.4, -0.2) is 7.11 Å². The maximum atomic E-state index is 5.70. The van der Waals surface area contributed by atoms with E-state index in [1.165, 1.54) is 54.9 Å². The molecule has 1 aliphatic carbocycles. The van der Waals surface area contributed by atoms with E-state index < -0.39 is 0 Å². The Kier molecular flexibility index (Phi) is 3.72. The molecule has 2 aromatic carbocycles. The Hall–Kier alpha value is -1.50. The number of methoxy groups -OCH3 is 1. The molecule has 19 heavy (non-hydrogen) atoms. The standard InChI is InChI=1S/C18H22O/c1-19-18-16(13-14-7-3-2-4-8-14)12-11-15-9-5-6-10-17(15)18/h5-6,9-12,14H,2-4,7-8,13H2,1H3. The van der Waals surface area contributed by atoms with Crippen molar-refractivity contribution in [3.05, 3.63) is 42.0 Å². The van der Waals surface area contributed by atoms with Crippen molar-refractivity contribution >= 4 is 10.8 Å². The van der Waals surface area contributed by atoms with Gasteiger partial charge in [-0.3, -0.25) is 0 Å². The molecule has 1 aliphatic rings. The molecule has 1 heteroatoms. The van der Waals surface area contributed by atoms with Crippen molar-refractivity contribution in [2.45, 2.75) is 38.5 Å². The monoisotopic (exact) mass is 254 g/mol. The van der Waals surface area contributed by atoms with Gasteiger partial charge in [0.05, 0.1) is 7.11 Å². The normalized spacial score (nSPS) is 16.7. The number of ether oxygens (including phenoxy) is 1. The Morgan fingerprint density at radius 1 is 1.00 bits per heavy atom. The molecular weight excluding hydrogens is 232 g/mol. The summed E-state index contributed by atoms with van der Waals surface area (Å²) in [5.41, 5.74) is 1.38. The first-order chi connectivity index (χ1) is 9.38. The van der Waals surface area contributed by atoms with Crippen molar-refractivity contribution in [1.29, 1.82) is 0 Å². The van der Waals surface area contributed by atoms with Gasteiger partial charge in [0.1, 0.15) is 5.75 Å². The number of benzene rings is 2. The highest BCUT2D eigenvalue weighted by Crippen LogP contribution is 2.34. The van der Waals surface area contributed by atoms with Gasteiger partial charge in [0, 0.05) is 5.39 Å². The molecule has 0 heterocycles. The third-order valence-electron chi connectivity index (χ3n) is 4.40. The van der Waals surface area contributed by atoms with Crippen molar-refractivity contribution in [2.24, 2.45) is 5.92 Å². The lowest BCUT2D eigenvalue weighted by molar-refractivity contribution is 0.349. The Morgan fingerprint density at radius 2 is 1.79 bits per heavy atom. The van der Waals surface area contributed by atoms with E-state index in [4.69, 9.17) is 4.74 Å². The lowest BCUT2D eigenvalue weighted by Gasteiger charge is -2.22. The summed E-state index contributed by atoms with van der Waals surface area (Å²) in [7, 11) is 1.80. The van der Waals surface area contributed by atoms with E-state index in [1.54, 1.807) is 7.11 Å². The van der Waals surface area contributed by atoms with Crippen LogP contribution in [0.15, 0.2) is 36.4 Å². The number of hydrogen-bond acceptors (Lipinski definition) is 1. The molecule has 0 N–H and O–H groups in total. The molecule has 3 rings (SSSR count). The van der Waals surface area contributed by atoms with Gasteiger partial charge in [0.15, 0.2) is 0 Å². The highest BCUT2D eigenvalue weighted by Gasteiger charge is 2.17. The van der Waals surface area contributed by atoms with Crippen LogP contribution in [0.25, 0.3) is 10.8 Å². The van der Waals surface area contributed by atoms with E-state index in [-0.39, 0.29) is 0 Å². The minimum atomic E-state index is 0.851. The van der Waals surface area contributed by atoms with Crippen molar-refractivity contribution < 1.29 is 4.74 Å². The van der Waals surface area contributed by atoms with Crippen LogP contribution in [-0.2, 0) is 6.42 Å². The van der Waals surface area contributed by atoms with Gasteiger partial charge < -0.3 is 4.74 Å². The molecule has 1 nitrogen and oxygen atoms in total. The molecule has 0 unspecified atom stereocenters. The summed E-state index contributed by atoms with van der Waals surface area (Å²) in [6.45, 7) is 0. The van der Waals surface area contributed by atoms with Crippen molar-refractivity contribution in [1.82, 2.24) is 0 Å². The zero-order valence-electron chi connectivity index (χ0n) is 11.7. The van der Waals surface area contributed by atoms with E-state index in [9.17, 15) is 0 Å². The van der Waals surface area contributed by atoms with E-state index in [1.807, 2.05) is 0 Å². The fraction of sp³-hybridized carbons (Fsp3) is 0.444. The molecule has 0 bridgehead atoms. The van der Waals surface area contributed by atoms with Gasteiger partial charge in [0.2, 0.25) is 0 Å². The Balaban J connectivity index is 1.93. The summed E-state index contributed by atoms with van der Waals surface area (Å²) in [4.78, 5) is 0. The summed E-state index contributed by atoms with van der Waals surface area (Å²) in [6.07, 6.45) is 8.17. The molecule has 0 radical (unpaired) electrons. The van der Waals surface area contributed by atoms with E-state index in [0.29, 0.717) is 0 Å². The van der Waals surface area contributed by atoms with Crippen LogP contribution < -0.4 is 4.74 Å². The zero-order valence-corrected chi connectivity index (χ0v) is 11.7. The summed E-state index contributed by atoms with van der Waals surface area (Å²) < 4.78 is 5.70. The number of hydrogen-bond donors (Lipinski definition) is 0. The van der Waals surface area contributed by atoms with Crippen molar-refractivity contribution in [3.8, 4) is 5.75 Å². The zero-order chi connectivity index (χ0) is 13.1. The van der Waals surface area contributed by atoms with Crippen molar-refractivity contribution in [3.63, 3.8) is 0 Å². The molecule has 0 atom stereocenters. The maximum absolute atomic E-state index is 5.70. The van der Waals surface area contributed by atoms with Crippen LogP contribution in [0, 0.1) is 5.92 Å². The molecule has 2 aromatic rings. The van der Waals surface area contributed by atoms with Gasteiger partial charge in [-0.15, -0.1) is 0 Å². The minimum Gasteiger partial charge on any atom is -0.496 e. The van der Waals surface area contributed by atoms with Gasteiger partial charge >= 0.3 is 0 Å². The Morgan fingerprint density at radius 3 is 2.58 bits per heavy atom. The Labute approximate surface area is 115 Å². The molecule has 1 saturated carbocycles. The molecule has 0 aliphatic heterocycles. The van der Waals surface area contributed by atoms with Crippen LogP contribution in [0.5, 0.6) is 5.75 Å². The lowest BCUT2D eigenvalue weighted by Crippen LogP contribution is -2.10. The van der Waals surface area contributed by atoms with Crippen LogP contribution in [0.3, 0.4) is 0 Å². The van der Waals surface area contributed by atoms with Gasteiger partial charge in [-0.05, 0) is 23.3 Å². The second-order valence-electron chi connectivity index (χ2n) is 5.69. The fourth-order valence-electron chi connectivity index (χ4n) is 3.39. The summed E-state index contributed by atoms with van der Waals surface area (Å²) in [5, 5.41) is 2.52. The Bertz CT molecular complexity index is 553. The van der Waals surface area contributed by atoms with Gasteiger partial charge in [0.25, 0.3) is 0 Å². The first-order valence-electron chi connectivity index (χ1n) is 7.43. The average molecular weight is 254 g/mol. The van der Waals surface area contributed by atoms with Crippen molar-refractivity contribution in [2.75, 3.05) is 7.11 Å². The van der Waals surface area contributed by atoms with Crippen LogP contribution in [0.2, 0.25) is 0 Å². The second-order valence-corrected chi connectivity index (χ2v) is 5.69. The maximum Gasteiger partial charge on any atom is 0.129 e. The molecule has 1 fully saturated rings. The topological polar surface area (TPSA) is 9.23 Å². The molecule has 100 valence electrons. The van der Waals surface area contributed by atoms with Gasteiger partial charge in [-0.2, -0.15) is 0 Å². The summed E-state index contributed by atoms with van der Waals surface area (Å²) in [6, 6.07) is 13.0.